The standard InChI is InChI=1S/C54H56/c1-52(2,3)43-31-33-47-48-34-32-44(53(4,5)6)37-50(48)51(49(47)36-43)54(41-22-13-9-14-23-41,42-24-15-10-16-25-42)45-30-27-38(35-45)19-11-7-8-12-20-39-28-29-40-21-17-18-26-46(39)40/h8-10,12-18,21-28,30-34,36-37,51H,7,11,19-20,29,35H2,1-6H3. The van der Waals surface area contributed by atoms with E-state index in [1.807, 2.05) is 0 Å². The Balaban J connectivity index is 1.16. The van der Waals surface area contributed by atoms with Crippen LogP contribution in [0.5, 0.6) is 0 Å². The van der Waals surface area contributed by atoms with E-state index in [4.69, 9.17) is 0 Å². The first-order valence-electron chi connectivity index (χ1n) is 20.3. The molecule has 0 aliphatic heterocycles. The zero-order valence-corrected chi connectivity index (χ0v) is 33.3. The van der Waals surface area contributed by atoms with Crippen molar-refractivity contribution in [3.63, 3.8) is 0 Å². The van der Waals surface area contributed by atoms with Crippen LogP contribution in [0.3, 0.4) is 0 Å². The smallest absolute Gasteiger partial charge is 0.0526 e. The molecule has 0 aromatic heterocycles. The van der Waals surface area contributed by atoms with Gasteiger partial charge in [-0.3, -0.25) is 0 Å². The maximum atomic E-state index is 2.56. The topological polar surface area (TPSA) is 0 Å². The van der Waals surface area contributed by atoms with Gasteiger partial charge in [0.2, 0.25) is 0 Å². The molecule has 3 aliphatic carbocycles. The van der Waals surface area contributed by atoms with Crippen LogP contribution in [0.25, 0.3) is 16.7 Å². The van der Waals surface area contributed by atoms with Crippen molar-refractivity contribution in [2.75, 3.05) is 0 Å². The van der Waals surface area contributed by atoms with Crippen molar-refractivity contribution >= 4 is 5.57 Å². The Bertz CT molecular complexity index is 2170. The van der Waals surface area contributed by atoms with Crippen molar-refractivity contribution in [3.8, 4) is 11.1 Å². The Kier molecular flexibility index (Phi) is 9.60. The van der Waals surface area contributed by atoms with Crippen molar-refractivity contribution in [1.29, 1.82) is 0 Å². The fourth-order valence-corrected chi connectivity index (χ4v) is 9.47. The molecule has 0 heterocycles. The maximum Gasteiger partial charge on any atom is 0.0526 e. The van der Waals surface area contributed by atoms with Gasteiger partial charge in [-0.1, -0.05) is 204 Å². The molecule has 0 heteroatoms. The molecule has 3 aliphatic rings. The highest BCUT2D eigenvalue weighted by molar-refractivity contribution is 5.83. The van der Waals surface area contributed by atoms with Crippen molar-refractivity contribution in [1.82, 2.24) is 0 Å². The Morgan fingerprint density at radius 2 is 1.15 bits per heavy atom. The van der Waals surface area contributed by atoms with Gasteiger partial charge in [-0.15, -0.1) is 0 Å². The Hall–Kier alpha value is -4.94. The first kappa shape index (κ1) is 36.1. The van der Waals surface area contributed by atoms with Crippen LogP contribution >= 0.6 is 0 Å². The minimum Gasteiger partial charge on any atom is -0.0882 e. The van der Waals surface area contributed by atoms with Crippen LogP contribution in [0.4, 0.5) is 0 Å². The van der Waals surface area contributed by atoms with Gasteiger partial charge in [-0.25, -0.2) is 0 Å². The predicted molar refractivity (Wildman–Crippen MR) is 231 cm³/mol. The highest BCUT2D eigenvalue weighted by atomic mass is 14.5. The van der Waals surface area contributed by atoms with E-state index in [1.165, 1.54) is 73.2 Å². The number of hydrogen-bond donors (Lipinski definition) is 0. The highest BCUT2D eigenvalue weighted by Gasteiger charge is 2.51. The lowest BCUT2D eigenvalue weighted by Gasteiger charge is -2.44. The second-order valence-corrected chi connectivity index (χ2v) is 17.9. The molecule has 0 fully saturated rings. The molecule has 5 aromatic carbocycles. The summed E-state index contributed by atoms with van der Waals surface area (Å²) in [4.78, 5) is 0. The lowest BCUT2D eigenvalue weighted by molar-refractivity contribution is 0.518. The third kappa shape index (κ3) is 6.59. The summed E-state index contributed by atoms with van der Waals surface area (Å²) >= 11 is 0. The monoisotopic (exact) mass is 704 g/mol. The maximum absolute atomic E-state index is 2.56. The molecule has 0 amide bonds. The summed E-state index contributed by atoms with van der Waals surface area (Å²) in [5.74, 6) is 0.119. The Morgan fingerprint density at radius 1 is 0.574 bits per heavy atom. The molecule has 0 N–H and O–H groups in total. The summed E-state index contributed by atoms with van der Waals surface area (Å²) in [6, 6.07) is 46.5. The molecular formula is C54H56. The van der Waals surface area contributed by atoms with Crippen LogP contribution in [0.2, 0.25) is 0 Å². The van der Waals surface area contributed by atoms with Crippen LogP contribution in [0, 0.1) is 0 Å². The fourth-order valence-electron chi connectivity index (χ4n) is 9.47. The molecule has 54 heavy (non-hydrogen) atoms. The van der Waals surface area contributed by atoms with Gasteiger partial charge in [0, 0.05) is 5.92 Å². The van der Waals surface area contributed by atoms with Crippen LogP contribution in [-0.2, 0) is 22.7 Å². The molecule has 0 saturated carbocycles. The molecule has 5 aromatic rings. The van der Waals surface area contributed by atoms with E-state index in [1.54, 1.807) is 5.57 Å². The van der Waals surface area contributed by atoms with E-state index < -0.39 is 0 Å². The van der Waals surface area contributed by atoms with Gasteiger partial charge in [0.1, 0.15) is 0 Å². The Morgan fingerprint density at radius 3 is 1.74 bits per heavy atom. The number of hydrogen-bond acceptors (Lipinski definition) is 0. The Labute approximate surface area is 325 Å². The summed E-state index contributed by atoms with van der Waals surface area (Å²) in [6.45, 7) is 14.1. The quantitative estimate of drug-likeness (QED) is 0.100. The summed E-state index contributed by atoms with van der Waals surface area (Å²) in [6.07, 6.45) is 18.7. The van der Waals surface area contributed by atoms with E-state index in [9.17, 15) is 0 Å². The van der Waals surface area contributed by atoms with Crippen LogP contribution in [0.1, 0.15) is 124 Å². The van der Waals surface area contributed by atoms with E-state index in [2.05, 4.69) is 193 Å². The van der Waals surface area contributed by atoms with E-state index in [-0.39, 0.29) is 22.2 Å². The molecule has 0 radical (unpaired) electrons. The molecule has 272 valence electrons. The SMILES string of the molecule is CC(C)(C)c1ccc2c(c1)C(C(C1=CC=C(CCCC=CCC3=CCc4ccccc43)C1)(c1ccccc1)c1ccccc1)c1cc(C(C)(C)C)ccc1-2. The van der Waals surface area contributed by atoms with Gasteiger partial charge in [-0.2, -0.15) is 0 Å². The summed E-state index contributed by atoms with van der Waals surface area (Å²) < 4.78 is 0. The predicted octanol–water partition coefficient (Wildman–Crippen LogP) is 14.4. The van der Waals surface area contributed by atoms with Crippen LogP contribution < -0.4 is 0 Å². The van der Waals surface area contributed by atoms with Gasteiger partial charge in [-0.05, 0) is 111 Å². The molecule has 8 rings (SSSR count). The van der Waals surface area contributed by atoms with Crippen LogP contribution in [0.15, 0.2) is 163 Å². The van der Waals surface area contributed by atoms with Gasteiger partial charge in [0.05, 0.1) is 5.41 Å². The average molecular weight is 705 g/mol. The molecule has 0 unspecified atom stereocenters. The van der Waals surface area contributed by atoms with Crippen molar-refractivity contribution < 1.29 is 0 Å². The van der Waals surface area contributed by atoms with E-state index in [0.717, 1.165) is 32.1 Å². The highest BCUT2D eigenvalue weighted by Crippen LogP contribution is 2.61. The fraction of sp³-hybridized carbons (Fsp3) is 0.296. The molecule has 0 spiro atoms. The van der Waals surface area contributed by atoms with E-state index in [0.29, 0.717) is 0 Å². The van der Waals surface area contributed by atoms with Crippen molar-refractivity contribution in [2.24, 2.45) is 0 Å². The van der Waals surface area contributed by atoms with Crippen molar-refractivity contribution in [3.05, 3.63) is 207 Å². The second-order valence-electron chi connectivity index (χ2n) is 17.9. The zero-order valence-electron chi connectivity index (χ0n) is 33.3. The van der Waals surface area contributed by atoms with Crippen molar-refractivity contribution in [2.45, 2.75) is 102 Å². The first-order chi connectivity index (χ1) is 26.0. The average Bonchev–Trinajstić information content (AvgIpc) is 3.90. The molecular weight excluding hydrogens is 649 g/mol. The molecule has 0 nitrogen and oxygen atoms in total. The van der Waals surface area contributed by atoms with Gasteiger partial charge >= 0.3 is 0 Å². The summed E-state index contributed by atoms with van der Waals surface area (Å²) in [7, 11) is 0. The number of unbranched alkanes of at least 4 members (excludes halogenated alkanes) is 1. The minimum absolute atomic E-state index is 0.0431. The molecule has 0 bridgehead atoms. The van der Waals surface area contributed by atoms with Crippen LogP contribution in [-0.4, -0.2) is 0 Å². The minimum atomic E-state index is -0.390. The first-order valence-corrected chi connectivity index (χ1v) is 20.3. The number of rotatable bonds is 10. The number of fused-ring (bicyclic) bond motifs is 4. The lowest BCUT2D eigenvalue weighted by atomic mass is 9.58. The second kappa shape index (κ2) is 14.4. The third-order valence-corrected chi connectivity index (χ3v) is 12.4. The van der Waals surface area contributed by atoms with Gasteiger partial charge in [0.25, 0.3) is 0 Å². The van der Waals surface area contributed by atoms with E-state index >= 15 is 0 Å². The summed E-state index contributed by atoms with van der Waals surface area (Å²) in [5.41, 5.74) is 18.3. The lowest BCUT2D eigenvalue weighted by Crippen LogP contribution is -2.37. The van der Waals surface area contributed by atoms with Gasteiger partial charge < -0.3 is 0 Å². The molecule has 0 saturated heterocycles. The molecule has 0 atom stereocenters. The van der Waals surface area contributed by atoms with Gasteiger partial charge in [0.15, 0.2) is 0 Å². The zero-order chi connectivity index (χ0) is 37.5. The number of allylic oxidation sites excluding steroid dienone is 8. The largest absolute Gasteiger partial charge is 0.0882 e. The number of benzene rings is 5. The third-order valence-electron chi connectivity index (χ3n) is 12.4. The summed E-state index contributed by atoms with van der Waals surface area (Å²) in [5, 5.41) is 0. The normalized spacial score (nSPS) is 15.6.